The molecule has 0 aromatic heterocycles. The van der Waals surface area contributed by atoms with Crippen LogP contribution in [0.1, 0.15) is 17.3 Å². The molecule has 2 unspecified atom stereocenters. The number of hydrogen-bond acceptors (Lipinski definition) is 5. The van der Waals surface area contributed by atoms with Crippen LogP contribution in [0.15, 0.2) is 12.1 Å². The molecule has 0 aliphatic heterocycles. The lowest BCUT2D eigenvalue weighted by molar-refractivity contribution is 0.0594. The van der Waals surface area contributed by atoms with Crippen molar-refractivity contribution in [1.82, 2.24) is 0 Å². The van der Waals surface area contributed by atoms with Crippen molar-refractivity contribution in [3.63, 3.8) is 0 Å². The topological polar surface area (TPSA) is 58.6 Å². The Kier molecular flexibility index (Phi) is 6.22. The molecule has 4 nitrogen and oxygen atoms in total. The van der Waals surface area contributed by atoms with Gasteiger partial charge in [-0.25, -0.2) is 13.6 Å². The maximum absolute atomic E-state index is 13.9. The van der Waals surface area contributed by atoms with Crippen LogP contribution in [-0.2, 0) is 4.74 Å². The number of aliphatic hydroxyl groups is 1. The minimum atomic E-state index is -1.25. The number of benzene rings is 1. The zero-order valence-electron chi connectivity index (χ0n) is 11.4. The van der Waals surface area contributed by atoms with Crippen LogP contribution in [0.25, 0.3) is 0 Å². The zero-order valence-corrected chi connectivity index (χ0v) is 12.3. The number of thioether (sulfide) groups is 1. The van der Waals surface area contributed by atoms with Crippen molar-refractivity contribution in [2.45, 2.75) is 18.2 Å². The fourth-order valence-electron chi connectivity index (χ4n) is 1.70. The fraction of sp³-hybridized carbons (Fsp3) is 0.462. The van der Waals surface area contributed by atoms with Crippen LogP contribution in [0.5, 0.6) is 0 Å². The van der Waals surface area contributed by atoms with Gasteiger partial charge >= 0.3 is 5.97 Å². The third-order valence-corrected chi connectivity index (χ3v) is 4.07. The second kappa shape index (κ2) is 7.44. The van der Waals surface area contributed by atoms with E-state index < -0.39 is 23.2 Å². The first-order valence-electron chi connectivity index (χ1n) is 5.92. The Morgan fingerprint density at radius 1 is 1.45 bits per heavy atom. The third kappa shape index (κ3) is 3.61. The van der Waals surface area contributed by atoms with Gasteiger partial charge in [-0.1, -0.05) is 0 Å². The highest BCUT2D eigenvalue weighted by Crippen LogP contribution is 2.23. The van der Waals surface area contributed by atoms with Gasteiger partial charge in [0.2, 0.25) is 0 Å². The molecular formula is C13H17F2NO3S. The normalized spacial score (nSPS) is 13.7. The average molecular weight is 305 g/mol. The summed E-state index contributed by atoms with van der Waals surface area (Å²) < 4.78 is 32.0. The maximum atomic E-state index is 13.9. The number of ether oxygens (including phenoxy) is 1. The molecule has 1 aromatic carbocycles. The molecule has 2 N–H and O–H groups in total. The number of hydrogen-bond donors (Lipinski definition) is 2. The number of anilines is 1. The monoisotopic (exact) mass is 305 g/mol. The number of rotatable bonds is 6. The number of aliphatic hydroxyl groups excluding tert-OH is 1. The molecule has 0 saturated carbocycles. The van der Waals surface area contributed by atoms with Gasteiger partial charge in [-0.3, -0.25) is 0 Å². The molecule has 0 fully saturated rings. The quantitative estimate of drug-likeness (QED) is 0.790. The van der Waals surface area contributed by atoms with Crippen molar-refractivity contribution >= 4 is 23.4 Å². The summed E-state index contributed by atoms with van der Waals surface area (Å²) in [6.45, 7) is 1.67. The van der Waals surface area contributed by atoms with Crippen molar-refractivity contribution in [2.24, 2.45) is 0 Å². The Labute approximate surface area is 120 Å². The molecule has 0 radical (unpaired) electrons. The Bertz CT molecular complexity index is 481. The summed E-state index contributed by atoms with van der Waals surface area (Å²) in [4.78, 5) is 11.2. The van der Waals surface area contributed by atoms with Crippen LogP contribution in [0, 0.1) is 11.6 Å². The highest BCUT2D eigenvalue weighted by atomic mass is 32.2. The Morgan fingerprint density at radius 2 is 2.10 bits per heavy atom. The minimum Gasteiger partial charge on any atom is -0.465 e. The van der Waals surface area contributed by atoms with Crippen LogP contribution in [0.4, 0.5) is 14.5 Å². The van der Waals surface area contributed by atoms with Crippen LogP contribution >= 0.6 is 11.8 Å². The molecule has 0 aliphatic carbocycles. The van der Waals surface area contributed by atoms with E-state index in [2.05, 4.69) is 10.1 Å². The largest absolute Gasteiger partial charge is 0.465 e. The second-order valence-corrected chi connectivity index (χ2v) is 5.25. The van der Waals surface area contributed by atoms with Crippen molar-refractivity contribution in [3.8, 4) is 0 Å². The molecule has 7 heteroatoms. The Morgan fingerprint density at radius 3 is 2.60 bits per heavy atom. The van der Waals surface area contributed by atoms with Crippen LogP contribution in [0.3, 0.4) is 0 Å². The predicted molar refractivity (Wildman–Crippen MR) is 75.2 cm³/mol. The summed E-state index contributed by atoms with van der Waals surface area (Å²) in [6.07, 6.45) is 1.82. The Balaban J connectivity index is 2.99. The highest BCUT2D eigenvalue weighted by molar-refractivity contribution is 7.99. The van der Waals surface area contributed by atoms with Crippen molar-refractivity contribution in [3.05, 3.63) is 29.3 Å². The molecule has 1 aromatic rings. The molecule has 0 saturated heterocycles. The third-order valence-electron chi connectivity index (χ3n) is 2.91. The van der Waals surface area contributed by atoms with Crippen LogP contribution in [0.2, 0.25) is 0 Å². The summed E-state index contributed by atoms with van der Waals surface area (Å²) in [5, 5.41) is 11.8. The first-order chi connectivity index (χ1) is 9.46. The number of methoxy groups -OCH3 is 1. The van der Waals surface area contributed by atoms with Crippen molar-refractivity contribution in [2.75, 3.05) is 25.3 Å². The van der Waals surface area contributed by atoms with E-state index in [1.807, 2.05) is 6.26 Å². The number of carbonyl (C=O) groups is 1. The van der Waals surface area contributed by atoms with Gasteiger partial charge in [-0.2, -0.15) is 11.8 Å². The molecule has 2 atom stereocenters. The van der Waals surface area contributed by atoms with E-state index in [0.717, 1.165) is 13.2 Å². The smallest absolute Gasteiger partial charge is 0.340 e. The van der Waals surface area contributed by atoms with Gasteiger partial charge in [0.1, 0.15) is 0 Å². The lowest BCUT2D eigenvalue weighted by atomic mass is 10.1. The molecule has 1 rings (SSSR count). The summed E-state index contributed by atoms with van der Waals surface area (Å²) in [5.41, 5.74) is -0.512. The fourth-order valence-corrected chi connectivity index (χ4v) is 2.33. The first kappa shape index (κ1) is 16.7. The number of nitrogens with one attached hydrogen (secondary N) is 1. The predicted octanol–water partition coefficient (Wildman–Crippen LogP) is 2.28. The Hall–Kier alpha value is -1.34. The molecule has 0 bridgehead atoms. The van der Waals surface area contributed by atoms with Crippen LogP contribution < -0.4 is 5.32 Å². The van der Waals surface area contributed by atoms with E-state index in [1.54, 1.807) is 6.92 Å². The van der Waals surface area contributed by atoms with Crippen LogP contribution in [-0.4, -0.2) is 42.3 Å². The summed E-state index contributed by atoms with van der Waals surface area (Å²) in [6, 6.07) is 2.16. The lowest BCUT2D eigenvalue weighted by Gasteiger charge is -2.22. The second-order valence-electron chi connectivity index (χ2n) is 4.17. The van der Waals surface area contributed by atoms with E-state index in [9.17, 15) is 13.6 Å². The summed E-state index contributed by atoms with van der Waals surface area (Å²) in [7, 11) is 1.10. The number of carbonyl (C=O) groups excluding carboxylic acids is 1. The maximum Gasteiger partial charge on any atom is 0.340 e. The lowest BCUT2D eigenvalue weighted by Crippen LogP contribution is -2.31. The van der Waals surface area contributed by atoms with Gasteiger partial charge in [-0.15, -0.1) is 0 Å². The summed E-state index contributed by atoms with van der Waals surface area (Å²) in [5.74, 6) is -3.32. The molecule has 0 heterocycles. The molecule has 0 spiro atoms. The molecule has 112 valence electrons. The van der Waals surface area contributed by atoms with Gasteiger partial charge < -0.3 is 15.2 Å². The number of halogens is 2. The van der Waals surface area contributed by atoms with Gasteiger partial charge in [0.05, 0.1) is 25.0 Å². The molecule has 0 amide bonds. The number of esters is 1. The van der Waals surface area contributed by atoms with E-state index in [0.29, 0.717) is 0 Å². The summed E-state index contributed by atoms with van der Waals surface area (Å²) >= 11 is 1.42. The van der Waals surface area contributed by atoms with Gasteiger partial charge in [0, 0.05) is 11.3 Å². The standard InChI is InChI=1S/C13H17F2NO3S/c1-7(10(6-17)20-3)16-9-5-4-8(13(18)19-2)11(14)12(9)15/h4-5,7,10,16-17H,6H2,1-3H3. The van der Waals surface area contributed by atoms with E-state index in [1.165, 1.54) is 17.8 Å². The molecular weight excluding hydrogens is 288 g/mol. The minimum absolute atomic E-state index is 0.0600. The van der Waals surface area contributed by atoms with E-state index in [4.69, 9.17) is 5.11 Å². The van der Waals surface area contributed by atoms with Crippen molar-refractivity contribution < 1.29 is 23.4 Å². The molecule has 0 aliphatic rings. The average Bonchev–Trinajstić information content (AvgIpc) is 2.44. The molecule has 20 heavy (non-hydrogen) atoms. The van der Waals surface area contributed by atoms with E-state index in [-0.39, 0.29) is 23.6 Å². The van der Waals surface area contributed by atoms with Gasteiger partial charge in [0.15, 0.2) is 11.6 Å². The highest BCUT2D eigenvalue weighted by Gasteiger charge is 2.21. The zero-order chi connectivity index (χ0) is 15.3. The van der Waals surface area contributed by atoms with Crippen molar-refractivity contribution in [1.29, 1.82) is 0 Å². The van der Waals surface area contributed by atoms with Gasteiger partial charge in [0.25, 0.3) is 0 Å². The van der Waals surface area contributed by atoms with E-state index >= 15 is 0 Å². The van der Waals surface area contributed by atoms with Gasteiger partial charge in [-0.05, 0) is 25.3 Å². The first-order valence-corrected chi connectivity index (χ1v) is 7.21. The SMILES string of the molecule is COC(=O)c1ccc(NC(C)C(CO)SC)c(F)c1F.